The van der Waals surface area contributed by atoms with Gasteiger partial charge in [0, 0.05) is 18.3 Å². The largest absolute Gasteiger partial charge is 0.411 e. The fourth-order valence-corrected chi connectivity index (χ4v) is 1.51. The molecule has 0 bridgehead atoms. The second-order valence-electron chi connectivity index (χ2n) is 3.55. The molecule has 2 rings (SSSR count). The first-order chi connectivity index (χ1) is 8.29. The van der Waals surface area contributed by atoms with E-state index in [1.807, 2.05) is 18.2 Å². The van der Waals surface area contributed by atoms with Gasteiger partial charge in [0.15, 0.2) is 0 Å². The fraction of sp³-hybridized carbons (Fsp3) is 0.0769. The Morgan fingerprint density at radius 1 is 1.18 bits per heavy atom. The molecule has 0 unspecified atom stereocenters. The van der Waals surface area contributed by atoms with Gasteiger partial charge in [-0.15, -0.1) is 0 Å². The van der Waals surface area contributed by atoms with Crippen molar-refractivity contribution in [2.75, 3.05) is 0 Å². The number of oxime groups is 1. The van der Waals surface area contributed by atoms with Gasteiger partial charge in [-0.05, 0) is 29.8 Å². The van der Waals surface area contributed by atoms with Gasteiger partial charge in [-0.2, -0.15) is 0 Å². The van der Waals surface area contributed by atoms with Crippen molar-refractivity contribution in [3.8, 4) is 0 Å². The van der Waals surface area contributed by atoms with Crippen molar-refractivity contribution in [3.05, 3.63) is 65.7 Å². The van der Waals surface area contributed by atoms with Crippen LogP contribution in [0.1, 0.15) is 11.3 Å². The topological polar surface area (TPSA) is 45.5 Å². The van der Waals surface area contributed by atoms with E-state index in [2.05, 4.69) is 10.1 Å². The van der Waals surface area contributed by atoms with Crippen molar-refractivity contribution in [2.45, 2.75) is 6.42 Å². The summed E-state index contributed by atoms with van der Waals surface area (Å²) >= 11 is 0. The Morgan fingerprint density at radius 3 is 2.53 bits per heavy atom. The quantitative estimate of drug-likeness (QED) is 0.500. The zero-order valence-electron chi connectivity index (χ0n) is 9.05. The number of hydrogen-bond acceptors (Lipinski definition) is 3. The van der Waals surface area contributed by atoms with Crippen LogP contribution in [0.3, 0.4) is 0 Å². The average molecular weight is 230 g/mol. The van der Waals surface area contributed by atoms with Crippen molar-refractivity contribution in [1.29, 1.82) is 0 Å². The average Bonchev–Trinajstić information content (AvgIpc) is 2.38. The lowest BCUT2D eigenvalue weighted by atomic mass is 10.1. The minimum Gasteiger partial charge on any atom is -0.411 e. The van der Waals surface area contributed by atoms with Crippen LogP contribution < -0.4 is 0 Å². The molecule has 2 aromatic rings. The fourth-order valence-electron chi connectivity index (χ4n) is 1.51. The van der Waals surface area contributed by atoms with Crippen molar-refractivity contribution < 1.29 is 9.60 Å². The van der Waals surface area contributed by atoms with E-state index in [9.17, 15) is 4.39 Å². The third kappa shape index (κ3) is 2.87. The Hall–Kier alpha value is -2.23. The summed E-state index contributed by atoms with van der Waals surface area (Å²) in [5.74, 6) is -0.316. The zero-order chi connectivity index (χ0) is 12.1. The number of pyridine rings is 1. The second kappa shape index (κ2) is 5.21. The van der Waals surface area contributed by atoms with Crippen LogP contribution in [0, 0.1) is 5.82 Å². The maximum atomic E-state index is 12.8. The lowest BCUT2D eigenvalue weighted by Crippen LogP contribution is -2.06. The van der Waals surface area contributed by atoms with Crippen LogP contribution in [0.4, 0.5) is 4.39 Å². The van der Waals surface area contributed by atoms with Crippen LogP contribution in [0.15, 0.2) is 53.8 Å². The third-order valence-electron chi connectivity index (χ3n) is 2.37. The number of nitrogens with zero attached hydrogens (tertiary/aromatic N) is 2. The van der Waals surface area contributed by atoms with Gasteiger partial charge in [0.05, 0.1) is 5.71 Å². The molecule has 0 aliphatic carbocycles. The molecular formula is C13H11FN2O. The van der Waals surface area contributed by atoms with Crippen LogP contribution in [-0.2, 0) is 6.42 Å². The van der Waals surface area contributed by atoms with Crippen molar-refractivity contribution in [1.82, 2.24) is 4.98 Å². The van der Waals surface area contributed by atoms with Crippen LogP contribution in [-0.4, -0.2) is 15.9 Å². The van der Waals surface area contributed by atoms with Crippen LogP contribution >= 0.6 is 0 Å². The molecule has 1 N–H and O–H groups in total. The van der Waals surface area contributed by atoms with Gasteiger partial charge < -0.3 is 5.21 Å². The summed E-state index contributed by atoms with van der Waals surface area (Å²) in [6, 6.07) is 11.3. The first kappa shape index (κ1) is 11.3. The highest BCUT2D eigenvalue weighted by Crippen LogP contribution is 2.08. The number of rotatable bonds is 3. The Bertz CT molecular complexity index is 509. The summed E-state index contributed by atoms with van der Waals surface area (Å²) in [7, 11) is 0. The normalized spacial score (nSPS) is 11.5. The summed E-state index contributed by atoms with van der Waals surface area (Å²) in [5.41, 5.74) is 1.94. The zero-order valence-corrected chi connectivity index (χ0v) is 9.05. The maximum absolute atomic E-state index is 12.8. The summed E-state index contributed by atoms with van der Waals surface area (Å²) in [6.07, 6.45) is 2.08. The molecule has 17 heavy (non-hydrogen) atoms. The SMILES string of the molecule is O/N=C(\Cc1ccccn1)c1ccc(F)cc1. The minimum absolute atomic E-state index is 0.316. The summed E-state index contributed by atoms with van der Waals surface area (Å²) in [4.78, 5) is 4.14. The molecule has 0 amide bonds. The van der Waals surface area contributed by atoms with E-state index in [-0.39, 0.29) is 5.82 Å². The number of benzene rings is 1. The number of hydrogen-bond donors (Lipinski definition) is 1. The van der Waals surface area contributed by atoms with Gasteiger partial charge in [-0.3, -0.25) is 4.98 Å². The molecule has 0 radical (unpaired) electrons. The predicted octanol–water partition coefficient (Wildman–Crippen LogP) is 2.64. The third-order valence-corrected chi connectivity index (χ3v) is 2.37. The molecule has 86 valence electrons. The van der Waals surface area contributed by atoms with E-state index in [4.69, 9.17) is 5.21 Å². The molecule has 1 aromatic heterocycles. The summed E-state index contributed by atoms with van der Waals surface area (Å²) in [6.45, 7) is 0. The first-order valence-corrected chi connectivity index (χ1v) is 5.16. The molecule has 0 fully saturated rings. The summed E-state index contributed by atoms with van der Waals surface area (Å²) < 4.78 is 12.8. The number of halogens is 1. The Labute approximate surface area is 98.2 Å². The molecule has 0 spiro atoms. The van der Waals surface area contributed by atoms with E-state index in [1.165, 1.54) is 12.1 Å². The second-order valence-corrected chi connectivity index (χ2v) is 3.55. The molecule has 1 heterocycles. The standard InChI is InChI=1S/C13H11FN2O/c14-11-6-4-10(5-7-11)13(16-17)9-12-3-1-2-8-15-12/h1-8,17H,9H2/b16-13+. The highest BCUT2D eigenvalue weighted by Gasteiger charge is 2.06. The van der Waals surface area contributed by atoms with E-state index in [0.717, 1.165) is 5.69 Å². The van der Waals surface area contributed by atoms with Gasteiger partial charge >= 0.3 is 0 Å². The van der Waals surface area contributed by atoms with E-state index >= 15 is 0 Å². The molecule has 0 aliphatic rings. The lowest BCUT2D eigenvalue weighted by molar-refractivity contribution is 0.318. The lowest BCUT2D eigenvalue weighted by Gasteiger charge is -2.04. The highest BCUT2D eigenvalue weighted by atomic mass is 19.1. The van der Waals surface area contributed by atoms with E-state index in [1.54, 1.807) is 18.3 Å². The Morgan fingerprint density at radius 2 is 1.94 bits per heavy atom. The highest BCUT2D eigenvalue weighted by molar-refractivity contribution is 6.01. The molecule has 0 saturated heterocycles. The maximum Gasteiger partial charge on any atom is 0.123 e. The smallest absolute Gasteiger partial charge is 0.123 e. The van der Waals surface area contributed by atoms with Crippen molar-refractivity contribution in [2.24, 2.45) is 5.16 Å². The van der Waals surface area contributed by atoms with E-state index in [0.29, 0.717) is 17.7 Å². The van der Waals surface area contributed by atoms with Crippen LogP contribution in [0.5, 0.6) is 0 Å². The van der Waals surface area contributed by atoms with E-state index < -0.39 is 0 Å². The monoisotopic (exact) mass is 230 g/mol. The van der Waals surface area contributed by atoms with Gasteiger partial charge in [0.25, 0.3) is 0 Å². The predicted molar refractivity (Wildman–Crippen MR) is 62.7 cm³/mol. The molecular weight excluding hydrogens is 219 g/mol. The molecule has 1 aromatic carbocycles. The van der Waals surface area contributed by atoms with Gasteiger partial charge in [-0.1, -0.05) is 23.4 Å². The molecule has 0 saturated carbocycles. The molecule has 3 nitrogen and oxygen atoms in total. The van der Waals surface area contributed by atoms with Crippen LogP contribution in [0.2, 0.25) is 0 Å². The Kier molecular flexibility index (Phi) is 3.45. The van der Waals surface area contributed by atoms with Gasteiger partial charge in [-0.25, -0.2) is 4.39 Å². The van der Waals surface area contributed by atoms with Crippen molar-refractivity contribution in [3.63, 3.8) is 0 Å². The first-order valence-electron chi connectivity index (χ1n) is 5.16. The van der Waals surface area contributed by atoms with Gasteiger partial charge in [0.2, 0.25) is 0 Å². The minimum atomic E-state index is -0.316. The molecule has 4 heteroatoms. The number of aromatic nitrogens is 1. The molecule has 0 aliphatic heterocycles. The Balaban J connectivity index is 2.21. The summed E-state index contributed by atoms with van der Waals surface area (Å²) in [5, 5.41) is 12.2. The van der Waals surface area contributed by atoms with Crippen molar-refractivity contribution >= 4 is 5.71 Å². The molecule has 0 atom stereocenters. The van der Waals surface area contributed by atoms with Gasteiger partial charge in [0.1, 0.15) is 5.82 Å². The van der Waals surface area contributed by atoms with Crippen LogP contribution in [0.25, 0.3) is 0 Å².